The number of anilines is 1. The monoisotopic (exact) mass is 262 g/mol. The van der Waals surface area contributed by atoms with Crippen LogP contribution in [0, 0.1) is 12.3 Å². The highest BCUT2D eigenvalue weighted by atomic mass is 16.5. The SMILES string of the molecule is Cc1noc2ncnc(N3CCC(C)(C(=O)O)C3)c12. The van der Waals surface area contributed by atoms with Crippen molar-refractivity contribution in [2.75, 3.05) is 18.0 Å². The Morgan fingerprint density at radius 2 is 2.32 bits per heavy atom. The molecule has 7 heteroatoms. The molecule has 0 amide bonds. The van der Waals surface area contributed by atoms with E-state index in [2.05, 4.69) is 15.1 Å². The van der Waals surface area contributed by atoms with Gasteiger partial charge in [0.1, 0.15) is 17.5 Å². The lowest BCUT2D eigenvalue weighted by molar-refractivity contribution is -0.146. The number of carboxylic acids is 1. The first-order valence-electron chi connectivity index (χ1n) is 6.06. The van der Waals surface area contributed by atoms with Gasteiger partial charge in [-0.15, -0.1) is 0 Å². The first-order chi connectivity index (χ1) is 9.01. The van der Waals surface area contributed by atoms with Crippen LogP contribution in [0.5, 0.6) is 0 Å². The van der Waals surface area contributed by atoms with E-state index in [4.69, 9.17) is 4.52 Å². The molecule has 7 nitrogen and oxygen atoms in total. The summed E-state index contributed by atoms with van der Waals surface area (Å²) in [5.74, 6) is -0.0731. The largest absolute Gasteiger partial charge is 0.481 e. The van der Waals surface area contributed by atoms with Crippen molar-refractivity contribution in [2.45, 2.75) is 20.3 Å². The third-order valence-corrected chi connectivity index (χ3v) is 3.71. The Balaban J connectivity index is 2.03. The second-order valence-corrected chi connectivity index (χ2v) is 5.18. The van der Waals surface area contributed by atoms with Crippen molar-refractivity contribution in [2.24, 2.45) is 5.41 Å². The highest BCUT2D eigenvalue weighted by Crippen LogP contribution is 2.35. The van der Waals surface area contributed by atoms with E-state index < -0.39 is 11.4 Å². The maximum atomic E-state index is 11.3. The van der Waals surface area contributed by atoms with Crippen molar-refractivity contribution >= 4 is 22.9 Å². The third-order valence-electron chi connectivity index (χ3n) is 3.71. The van der Waals surface area contributed by atoms with E-state index in [9.17, 15) is 9.90 Å². The number of hydrogen-bond donors (Lipinski definition) is 1. The summed E-state index contributed by atoms with van der Waals surface area (Å²) >= 11 is 0. The van der Waals surface area contributed by atoms with Crippen LogP contribution in [0.2, 0.25) is 0 Å². The summed E-state index contributed by atoms with van der Waals surface area (Å²) in [6.07, 6.45) is 2.01. The van der Waals surface area contributed by atoms with E-state index >= 15 is 0 Å². The summed E-state index contributed by atoms with van der Waals surface area (Å²) in [6.45, 7) is 4.66. The molecule has 19 heavy (non-hydrogen) atoms. The minimum atomic E-state index is -0.776. The van der Waals surface area contributed by atoms with Gasteiger partial charge in [-0.05, 0) is 20.3 Å². The molecule has 1 unspecified atom stereocenters. The molecule has 2 aromatic rings. The number of rotatable bonds is 2. The highest BCUT2D eigenvalue weighted by molar-refractivity contribution is 5.88. The maximum Gasteiger partial charge on any atom is 0.311 e. The van der Waals surface area contributed by atoms with Crippen molar-refractivity contribution < 1.29 is 14.4 Å². The van der Waals surface area contributed by atoms with Gasteiger partial charge in [0.15, 0.2) is 0 Å². The van der Waals surface area contributed by atoms with Gasteiger partial charge in [0, 0.05) is 13.1 Å². The smallest absolute Gasteiger partial charge is 0.311 e. The van der Waals surface area contributed by atoms with Crippen LogP contribution in [-0.4, -0.2) is 39.3 Å². The summed E-state index contributed by atoms with van der Waals surface area (Å²) < 4.78 is 5.10. The van der Waals surface area contributed by atoms with Crippen LogP contribution in [0.15, 0.2) is 10.9 Å². The Morgan fingerprint density at radius 1 is 1.53 bits per heavy atom. The molecule has 0 aromatic carbocycles. The number of carbonyl (C=O) groups is 1. The van der Waals surface area contributed by atoms with E-state index in [0.717, 1.165) is 11.1 Å². The molecule has 1 aliphatic rings. The zero-order valence-electron chi connectivity index (χ0n) is 10.8. The van der Waals surface area contributed by atoms with Crippen molar-refractivity contribution in [1.82, 2.24) is 15.1 Å². The fourth-order valence-corrected chi connectivity index (χ4v) is 2.46. The molecule has 1 saturated heterocycles. The Hall–Kier alpha value is -2.18. The Labute approximate surface area is 109 Å². The van der Waals surface area contributed by atoms with E-state index in [1.165, 1.54) is 6.33 Å². The number of aryl methyl sites for hydroxylation is 1. The van der Waals surface area contributed by atoms with Gasteiger partial charge in [-0.25, -0.2) is 4.98 Å². The number of aliphatic carboxylic acids is 1. The van der Waals surface area contributed by atoms with E-state index in [1.807, 2.05) is 11.8 Å². The van der Waals surface area contributed by atoms with Crippen LogP contribution in [-0.2, 0) is 4.79 Å². The minimum Gasteiger partial charge on any atom is -0.481 e. The number of nitrogens with zero attached hydrogens (tertiary/aromatic N) is 4. The second kappa shape index (κ2) is 3.91. The van der Waals surface area contributed by atoms with Crippen molar-refractivity contribution in [3.63, 3.8) is 0 Å². The van der Waals surface area contributed by atoms with E-state index in [-0.39, 0.29) is 0 Å². The van der Waals surface area contributed by atoms with Gasteiger partial charge in [0.2, 0.25) is 0 Å². The highest BCUT2D eigenvalue weighted by Gasteiger charge is 2.41. The molecule has 1 aliphatic heterocycles. The molecule has 100 valence electrons. The zero-order valence-corrected chi connectivity index (χ0v) is 10.8. The predicted octanol–water partition coefficient (Wildman–Crippen LogP) is 1.23. The Kier molecular flexibility index (Phi) is 2.44. The quantitative estimate of drug-likeness (QED) is 0.869. The minimum absolute atomic E-state index is 0.430. The first kappa shape index (κ1) is 11.9. The zero-order chi connectivity index (χ0) is 13.6. The number of aromatic nitrogens is 3. The normalized spacial score (nSPS) is 23.2. The molecule has 1 atom stereocenters. The van der Waals surface area contributed by atoms with Crippen molar-refractivity contribution in [1.29, 1.82) is 0 Å². The molecule has 2 aromatic heterocycles. The summed E-state index contributed by atoms with van der Waals surface area (Å²) in [4.78, 5) is 21.5. The number of fused-ring (bicyclic) bond motifs is 1. The van der Waals surface area contributed by atoms with Gasteiger partial charge >= 0.3 is 5.97 Å². The molecule has 0 bridgehead atoms. The Bertz CT molecular complexity index is 653. The predicted molar refractivity (Wildman–Crippen MR) is 66.9 cm³/mol. The van der Waals surface area contributed by atoms with E-state index in [0.29, 0.717) is 31.0 Å². The maximum absolute atomic E-state index is 11.3. The molecule has 0 spiro atoms. The molecule has 1 N–H and O–H groups in total. The number of hydrogen-bond acceptors (Lipinski definition) is 6. The van der Waals surface area contributed by atoms with Crippen LogP contribution in [0.3, 0.4) is 0 Å². The topological polar surface area (TPSA) is 92.4 Å². The fourth-order valence-electron chi connectivity index (χ4n) is 2.46. The van der Waals surface area contributed by atoms with Gasteiger partial charge in [0.25, 0.3) is 5.71 Å². The van der Waals surface area contributed by atoms with Gasteiger partial charge in [-0.2, -0.15) is 4.98 Å². The third kappa shape index (κ3) is 1.73. The molecule has 0 radical (unpaired) electrons. The lowest BCUT2D eigenvalue weighted by Gasteiger charge is -2.21. The average Bonchev–Trinajstić information content (AvgIpc) is 2.95. The lowest BCUT2D eigenvalue weighted by atomic mass is 9.90. The molecular weight excluding hydrogens is 248 g/mol. The fraction of sp³-hybridized carbons (Fsp3) is 0.500. The van der Waals surface area contributed by atoms with Crippen LogP contribution in [0.1, 0.15) is 19.0 Å². The molecule has 1 fully saturated rings. The molecular formula is C12H14N4O3. The molecule has 0 aliphatic carbocycles. The van der Waals surface area contributed by atoms with Crippen LogP contribution in [0.25, 0.3) is 11.1 Å². The van der Waals surface area contributed by atoms with Gasteiger partial charge < -0.3 is 14.5 Å². The summed E-state index contributed by atoms with van der Waals surface area (Å²) in [6, 6.07) is 0. The van der Waals surface area contributed by atoms with Crippen LogP contribution < -0.4 is 4.90 Å². The van der Waals surface area contributed by atoms with Gasteiger partial charge in [-0.1, -0.05) is 5.16 Å². The standard InChI is InChI=1S/C12H14N4O3/c1-7-8-9(13-6-14-10(8)19-15-7)16-4-3-12(2,5-16)11(17)18/h6H,3-5H2,1-2H3,(H,17,18). The Morgan fingerprint density at radius 3 is 3.00 bits per heavy atom. The first-order valence-corrected chi connectivity index (χ1v) is 6.06. The summed E-state index contributed by atoms with van der Waals surface area (Å²) in [5.41, 5.74) is 0.420. The lowest BCUT2D eigenvalue weighted by Crippen LogP contribution is -2.32. The van der Waals surface area contributed by atoms with Gasteiger partial charge in [0.05, 0.1) is 11.1 Å². The van der Waals surface area contributed by atoms with Crippen LogP contribution >= 0.6 is 0 Å². The van der Waals surface area contributed by atoms with Crippen molar-refractivity contribution in [3.8, 4) is 0 Å². The summed E-state index contributed by atoms with van der Waals surface area (Å²) in [5, 5.41) is 13.9. The molecule has 3 rings (SSSR count). The number of carboxylic acid groups (broad SMARTS) is 1. The average molecular weight is 262 g/mol. The summed E-state index contributed by atoms with van der Waals surface area (Å²) in [7, 11) is 0. The molecule has 0 saturated carbocycles. The van der Waals surface area contributed by atoms with E-state index in [1.54, 1.807) is 6.92 Å². The van der Waals surface area contributed by atoms with Crippen LogP contribution in [0.4, 0.5) is 5.82 Å². The second-order valence-electron chi connectivity index (χ2n) is 5.18. The molecule has 3 heterocycles. The van der Waals surface area contributed by atoms with Crippen molar-refractivity contribution in [3.05, 3.63) is 12.0 Å². The van der Waals surface area contributed by atoms with Gasteiger partial charge in [-0.3, -0.25) is 4.79 Å².